The lowest BCUT2D eigenvalue weighted by atomic mass is 10.2. The van der Waals surface area contributed by atoms with Crippen LogP contribution in [-0.4, -0.2) is 32.8 Å². The van der Waals surface area contributed by atoms with Gasteiger partial charge in [-0.3, -0.25) is 0 Å². The molecule has 0 aliphatic rings. The van der Waals surface area contributed by atoms with Crippen LogP contribution >= 0.6 is 0 Å². The zero-order valence-electron chi connectivity index (χ0n) is 10.5. The summed E-state index contributed by atoms with van der Waals surface area (Å²) >= 11 is 0. The molecule has 0 aliphatic heterocycles. The van der Waals surface area contributed by atoms with E-state index in [0.717, 1.165) is 31.8 Å². The molecule has 0 amide bonds. The van der Waals surface area contributed by atoms with Crippen molar-refractivity contribution < 1.29 is 9.13 Å². The Morgan fingerprint density at radius 2 is 2.00 bits per heavy atom. The first kappa shape index (κ1) is 14.1. The summed E-state index contributed by atoms with van der Waals surface area (Å²) in [6.45, 7) is 5.35. The van der Waals surface area contributed by atoms with E-state index in [-0.39, 0.29) is 5.82 Å². The first-order chi connectivity index (χ1) is 8.22. The van der Waals surface area contributed by atoms with Gasteiger partial charge in [0.05, 0.1) is 6.61 Å². The molecule has 0 spiro atoms. The Kier molecular flexibility index (Phi) is 6.77. The van der Waals surface area contributed by atoms with Crippen LogP contribution in [0, 0.1) is 5.82 Å². The molecule has 0 bridgehead atoms. The SMILES string of the molecule is COCCNCC(C)NCc1ccc(F)cc1. The molecule has 0 radical (unpaired) electrons. The third kappa shape index (κ3) is 6.36. The normalized spacial score (nSPS) is 12.6. The van der Waals surface area contributed by atoms with Gasteiger partial charge in [0.25, 0.3) is 0 Å². The van der Waals surface area contributed by atoms with Crippen molar-refractivity contribution in [1.29, 1.82) is 0 Å². The van der Waals surface area contributed by atoms with Gasteiger partial charge in [0.15, 0.2) is 0 Å². The maximum absolute atomic E-state index is 12.7. The van der Waals surface area contributed by atoms with E-state index >= 15 is 0 Å². The molecule has 0 fully saturated rings. The summed E-state index contributed by atoms with van der Waals surface area (Å²) < 4.78 is 17.6. The molecule has 0 aliphatic carbocycles. The summed E-state index contributed by atoms with van der Waals surface area (Å²) in [5.41, 5.74) is 1.09. The molecule has 96 valence electrons. The molecule has 0 heterocycles. The smallest absolute Gasteiger partial charge is 0.123 e. The lowest BCUT2D eigenvalue weighted by Gasteiger charge is -2.14. The van der Waals surface area contributed by atoms with Crippen LogP contribution < -0.4 is 10.6 Å². The number of halogens is 1. The second-order valence-corrected chi connectivity index (χ2v) is 4.11. The molecule has 2 N–H and O–H groups in total. The molecule has 0 aromatic heterocycles. The molecule has 1 aromatic carbocycles. The van der Waals surface area contributed by atoms with Crippen molar-refractivity contribution in [1.82, 2.24) is 10.6 Å². The van der Waals surface area contributed by atoms with Crippen LogP contribution in [0.2, 0.25) is 0 Å². The Morgan fingerprint density at radius 3 is 2.65 bits per heavy atom. The number of hydrogen-bond donors (Lipinski definition) is 2. The minimum absolute atomic E-state index is 0.192. The summed E-state index contributed by atoms with van der Waals surface area (Å²) in [6.07, 6.45) is 0. The topological polar surface area (TPSA) is 33.3 Å². The van der Waals surface area contributed by atoms with Gasteiger partial charge >= 0.3 is 0 Å². The minimum atomic E-state index is -0.192. The predicted molar refractivity (Wildman–Crippen MR) is 67.4 cm³/mol. The summed E-state index contributed by atoms with van der Waals surface area (Å²) in [5.74, 6) is -0.192. The van der Waals surface area contributed by atoms with E-state index in [0.29, 0.717) is 6.04 Å². The van der Waals surface area contributed by atoms with Crippen molar-refractivity contribution >= 4 is 0 Å². The van der Waals surface area contributed by atoms with E-state index in [1.165, 1.54) is 12.1 Å². The van der Waals surface area contributed by atoms with E-state index in [2.05, 4.69) is 17.6 Å². The Labute approximate surface area is 102 Å². The van der Waals surface area contributed by atoms with Crippen molar-refractivity contribution in [2.24, 2.45) is 0 Å². The maximum atomic E-state index is 12.7. The quantitative estimate of drug-likeness (QED) is 0.676. The van der Waals surface area contributed by atoms with Crippen molar-refractivity contribution in [2.75, 3.05) is 26.8 Å². The summed E-state index contributed by atoms with van der Waals surface area (Å²) in [6, 6.07) is 6.94. The van der Waals surface area contributed by atoms with Crippen LogP contribution in [-0.2, 0) is 11.3 Å². The first-order valence-corrected chi connectivity index (χ1v) is 5.90. The van der Waals surface area contributed by atoms with Gasteiger partial charge in [-0.05, 0) is 24.6 Å². The van der Waals surface area contributed by atoms with Crippen LogP contribution in [0.15, 0.2) is 24.3 Å². The molecular formula is C13H21FN2O. The highest BCUT2D eigenvalue weighted by Crippen LogP contribution is 2.02. The maximum Gasteiger partial charge on any atom is 0.123 e. The first-order valence-electron chi connectivity index (χ1n) is 5.90. The second kappa shape index (κ2) is 8.17. The highest BCUT2D eigenvalue weighted by atomic mass is 19.1. The lowest BCUT2D eigenvalue weighted by Crippen LogP contribution is -2.37. The molecule has 0 saturated carbocycles. The largest absolute Gasteiger partial charge is 0.383 e. The van der Waals surface area contributed by atoms with Gasteiger partial charge in [-0.2, -0.15) is 0 Å². The summed E-state index contributed by atoms with van der Waals surface area (Å²) in [4.78, 5) is 0. The van der Waals surface area contributed by atoms with E-state index < -0.39 is 0 Å². The number of rotatable bonds is 8. The van der Waals surface area contributed by atoms with Gasteiger partial charge in [0, 0.05) is 32.8 Å². The zero-order chi connectivity index (χ0) is 12.5. The second-order valence-electron chi connectivity index (χ2n) is 4.11. The van der Waals surface area contributed by atoms with Crippen LogP contribution in [0.5, 0.6) is 0 Å². The molecule has 1 aromatic rings. The molecular weight excluding hydrogens is 219 g/mol. The monoisotopic (exact) mass is 240 g/mol. The lowest BCUT2D eigenvalue weighted by molar-refractivity contribution is 0.198. The van der Waals surface area contributed by atoms with Crippen molar-refractivity contribution in [2.45, 2.75) is 19.5 Å². The molecule has 1 unspecified atom stereocenters. The zero-order valence-corrected chi connectivity index (χ0v) is 10.5. The third-order valence-corrected chi connectivity index (χ3v) is 2.50. The fraction of sp³-hybridized carbons (Fsp3) is 0.538. The van der Waals surface area contributed by atoms with Gasteiger partial charge in [0.1, 0.15) is 5.82 Å². The van der Waals surface area contributed by atoms with Gasteiger partial charge in [-0.25, -0.2) is 4.39 Å². The number of hydrogen-bond acceptors (Lipinski definition) is 3. The van der Waals surface area contributed by atoms with E-state index in [1.807, 2.05) is 0 Å². The van der Waals surface area contributed by atoms with Gasteiger partial charge in [-0.15, -0.1) is 0 Å². The molecule has 17 heavy (non-hydrogen) atoms. The fourth-order valence-electron chi connectivity index (χ4n) is 1.46. The van der Waals surface area contributed by atoms with Crippen LogP contribution in [0.3, 0.4) is 0 Å². The third-order valence-electron chi connectivity index (χ3n) is 2.50. The van der Waals surface area contributed by atoms with E-state index in [9.17, 15) is 4.39 Å². The highest BCUT2D eigenvalue weighted by Gasteiger charge is 2.00. The van der Waals surface area contributed by atoms with Crippen LogP contribution in [0.25, 0.3) is 0 Å². The number of nitrogens with one attached hydrogen (secondary N) is 2. The van der Waals surface area contributed by atoms with Gasteiger partial charge < -0.3 is 15.4 Å². The highest BCUT2D eigenvalue weighted by molar-refractivity contribution is 5.15. The van der Waals surface area contributed by atoms with E-state index in [4.69, 9.17) is 4.74 Å². The minimum Gasteiger partial charge on any atom is -0.383 e. The number of methoxy groups -OCH3 is 1. The van der Waals surface area contributed by atoms with Crippen molar-refractivity contribution in [3.63, 3.8) is 0 Å². The molecule has 1 atom stereocenters. The molecule has 3 nitrogen and oxygen atoms in total. The van der Waals surface area contributed by atoms with Crippen LogP contribution in [0.4, 0.5) is 4.39 Å². The average Bonchev–Trinajstić information content (AvgIpc) is 2.34. The Hall–Kier alpha value is -0.970. The predicted octanol–water partition coefficient (Wildman–Crippen LogP) is 1.54. The summed E-state index contributed by atoms with van der Waals surface area (Å²) in [5, 5.41) is 6.65. The average molecular weight is 240 g/mol. The number of benzene rings is 1. The van der Waals surface area contributed by atoms with Crippen molar-refractivity contribution in [3.8, 4) is 0 Å². The van der Waals surface area contributed by atoms with Crippen molar-refractivity contribution in [3.05, 3.63) is 35.6 Å². The van der Waals surface area contributed by atoms with Gasteiger partial charge in [-0.1, -0.05) is 12.1 Å². The molecule has 0 saturated heterocycles. The Balaban J connectivity index is 2.14. The molecule has 1 rings (SSSR count). The van der Waals surface area contributed by atoms with E-state index in [1.54, 1.807) is 19.2 Å². The van der Waals surface area contributed by atoms with Crippen LogP contribution in [0.1, 0.15) is 12.5 Å². The summed E-state index contributed by atoms with van der Waals surface area (Å²) in [7, 11) is 1.69. The van der Waals surface area contributed by atoms with Gasteiger partial charge in [0.2, 0.25) is 0 Å². The fourth-order valence-corrected chi connectivity index (χ4v) is 1.46. The Bertz CT molecular complexity index is 303. The molecule has 4 heteroatoms. The Morgan fingerprint density at radius 1 is 1.29 bits per heavy atom. The number of ether oxygens (including phenoxy) is 1. The standard InChI is InChI=1S/C13H21FN2O/c1-11(9-15-7-8-17-2)16-10-12-3-5-13(14)6-4-12/h3-6,11,15-16H,7-10H2,1-2H3.